The van der Waals surface area contributed by atoms with Gasteiger partial charge in [-0.25, -0.2) is 9.82 Å². The zero-order chi connectivity index (χ0) is 11.5. The number of thiophene rings is 1. The van der Waals surface area contributed by atoms with Gasteiger partial charge in [-0.3, -0.25) is 5.84 Å². The monoisotopic (exact) mass is 348 g/mol. The van der Waals surface area contributed by atoms with Crippen molar-refractivity contribution in [1.82, 2.24) is 5.43 Å². The van der Waals surface area contributed by atoms with Gasteiger partial charge in [0, 0.05) is 8.45 Å². The van der Waals surface area contributed by atoms with E-state index in [2.05, 4.69) is 28.0 Å². The number of hydrogen-bond acceptors (Lipinski definition) is 3. The van der Waals surface area contributed by atoms with Crippen LogP contribution in [-0.4, -0.2) is 0 Å². The summed E-state index contributed by atoms with van der Waals surface area (Å²) < 4.78 is 13.9. The topological polar surface area (TPSA) is 38.0 Å². The molecule has 1 aromatic carbocycles. The van der Waals surface area contributed by atoms with Gasteiger partial charge in [0.1, 0.15) is 5.82 Å². The van der Waals surface area contributed by atoms with Crippen LogP contribution in [0.1, 0.15) is 16.5 Å². The highest BCUT2D eigenvalue weighted by atomic mass is 127. The molecule has 0 radical (unpaired) electrons. The molecule has 1 heterocycles. The molecular weight excluding hydrogens is 338 g/mol. The molecule has 2 nitrogen and oxygen atoms in total. The molecule has 2 aromatic rings. The van der Waals surface area contributed by atoms with Crippen molar-refractivity contribution in [1.29, 1.82) is 0 Å². The standard InChI is InChI=1S/C11H10FIN2S/c12-7-3-4-8(9(13)6-7)11(15-14)10-2-1-5-16-10/h1-6,11,15H,14H2. The van der Waals surface area contributed by atoms with Gasteiger partial charge in [-0.2, -0.15) is 0 Å². The summed E-state index contributed by atoms with van der Waals surface area (Å²) in [4.78, 5) is 1.12. The molecule has 0 saturated carbocycles. The summed E-state index contributed by atoms with van der Waals surface area (Å²) in [6, 6.07) is 8.63. The van der Waals surface area contributed by atoms with E-state index in [0.717, 1.165) is 14.0 Å². The second kappa shape index (κ2) is 5.22. The molecule has 5 heteroatoms. The molecule has 16 heavy (non-hydrogen) atoms. The lowest BCUT2D eigenvalue weighted by atomic mass is 10.1. The highest BCUT2D eigenvalue weighted by molar-refractivity contribution is 14.1. The molecule has 0 spiro atoms. The van der Waals surface area contributed by atoms with Crippen LogP contribution in [0.25, 0.3) is 0 Å². The molecule has 3 N–H and O–H groups in total. The molecule has 0 aliphatic heterocycles. The molecule has 1 aromatic heterocycles. The minimum atomic E-state index is -0.227. The average Bonchev–Trinajstić information content (AvgIpc) is 2.75. The van der Waals surface area contributed by atoms with Crippen molar-refractivity contribution >= 4 is 33.9 Å². The van der Waals surface area contributed by atoms with Gasteiger partial charge in [-0.05, 0) is 51.7 Å². The van der Waals surface area contributed by atoms with E-state index in [1.54, 1.807) is 17.4 Å². The minimum Gasteiger partial charge on any atom is -0.271 e. The fraction of sp³-hybridized carbons (Fsp3) is 0.0909. The molecule has 1 atom stereocenters. The number of rotatable bonds is 3. The number of hydrazine groups is 1. The first kappa shape index (κ1) is 12.0. The summed E-state index contributed by atoms with van der Waals surface area (Å²) in [7, 11) is 0. The first-order chi connectivity index (χ1) is 7.72. The third-order valence-corrected chi connectivity index (χ3v) is 4.14. The van der Waals surface area contributed by atoms with Crippen molar-refractivity contribution in [2.24, 2.45) is 5.84 Å². The molecule has 2 rings (SSSR count). The lowest BCUT2D eigenvalue weighted by Gasteiger charge is -2.16. The maximum absolute atomic E-state index is 13.0. The van der Waals surface area contributed by atoms with Crippen LogP contribution in [0, 0.1) is 9.39 Å². The Balaban J connectivity index is 2.41. The lowest BCUT2D eigenvalue weighted by molar-refractivity contribution is 0.615. The Morgan fingerprint density at radius 2 is 2.19 bits per heavy atom. The molecule has 0 aliphatic rings. The van der Waals surface area contributed by atoms with Crippen LogP contribution in [0.3, 0.4) is 0 Å². The van der Waals surface area contributed by atoms with Gasteiger partial charge in [0.15, 0.2) is 0 Å². The maximum Gasteiger partial charge on any atom is 0.124 e. The lowest BCUT2D eigenvalue weighted by Crippen LogP contribution is -2.28. The normalized spacial score (nSPS) is 12.7. The summed E-state index contributed by atoms with van der Waals surface area (Å²) in [5.41, 5.74) is 3.76. The van der Waals surface area contributed by atoms with Gasteiger partial charge in [-0.15, -0.1) is 11.3 Å². The molecular formula is C11H10FIN2S. The van der Waals surface area contributed by atoms with E-state index in [4.69, 9.17) is 5.84 Å². The largest absolute Gasteiger partial charge is 0.271 e. The Morgan fingerprint density at radius 3 is 2.75 bits per heavy atom. The van der Waals surface area contributed by atoms with E-state index < -0.39 is 0 Å². The van der Waals surface area contributed by atoms with E-state index in [1.165, 1.54) is 12.1 Å². The Bertz CT molecular complexity index is 473. The molecule has 0 aliphatic carbocycles. The highest BCUT2D eigenvalue weighted by Gasteiger charge is 2.16. The zero-order valence-corrected chi connectivity index (χ0v) is 11.3. The molecule has 0 amide bonds. The number of nitrogens with two attached hydrogens (primary N) is 1. The van der Waals surface area contributed by atoms with E-state index in [-0.39, 0.29) is 11.9 Å². The van der Waals surface area contributed by atoms with Crippen molar-refractivity contribution < 1.29 is 4.39 Å². The van der Waals surface area contributed by atoms with Crippen LogP contribution in [0.4, 0.5) is 4.39 Å². The second-order valence-corrected chi connectivity index (χ2v) is 5.42. The van der Waals surface area contributed by atoms with Crippen LogP contribution in [0.15, 0.2) is 35.7 Å². The predicted molar refractivity (Wildman–Crippen MR) is 72.6 cm³/mol. The van der Waals surface area contributed by atoms with E-state index in [0.29, 0.717) is 0 Å². The quantitative estimate of drug-likeness (QED) is 0.508. The predicted octanol–water partition coefficient (Wildman–Crippen LogP) is 3.04. The molecule has 0 saturated heterocycles. The maximum atomic E-state index is 13.0. The number of nitrogens with one attached hydrogen (secondary N) is 1. The SMILES string of the molecule is NNC(c1cccs1)c1ccc(F)cc1I. The second-order valence-electron chi connectivity index (χ2n) is 3.28. The van der Waals surface area contributed by atoms with Gasteiger partial charge in [0.25, 0.3) is 0 Å². The summed E-state index contributed by atoms with van der Waals surface area (Å²) >= 11 is 3.74. The Hall–Kier alpha value is -0.500. The summed E-state index contributed by atoms with van der Waals surface area (Å²) in [5.74, 6) is 5.34. The van der Waals surface area contributed by atoms with E-state index >= 15 is 0 Å². The van der Waals surface area contributed by atoms with Crippen LogP contribution in [0.2, 0.25) is 0 Å². The molecule has 84 valence electrons. The molecule has 0 fully saturated rings. The number of hydrogen-bond donors (Lipinski definition) is 2. The van der Waals surface area contributed by atoms with E-state index in [9.17, 15) is 4.39 Å². The van der Waals surface area contributed by atoms with Crippen LogP contribution in [0.5, 0.6) is 0 Å². The third-order valence-electron chi connectivity index (χ3n) is 2.27. The average molecular weight is 348 g/mol. The number of benzene rings is 1. The molecule has 1 unspecified atom stereocenters. The van der Waals surface area contributed by atoms with Gasteiger partial charge in [0.05, 0.1) is 6.04 Å². The van der Waals surface area contributed by atoms with Gasteiger partial charge in [0.2, 0.25) is 0 Å². The van der Waals surface area contributed by atoms with Crippen LogP contribution >= 0.6 is 33.9 Å². The first-order valence-electron chi connectivity index (χ1n) is 4.67. The summed E-state index contributed by atoms with van der Waals surface area (Å²) in [5, 5.41) is 2.00. The third kappa shape index (κ3) is 2.42. The van der Waals surface area contributed by atoms with Crippen molar-refractivity contribution in [2.75, 3.05) is 0 Å². The zero-order valence-electron chi connectivity index (χ0n) is 8.28. The molecule has 0 bridgehead atoms. The van der Waals surface area contributed by atoms with Gasteiger partial charge in [-0.1, -0.05) is 12.1 Å². The van der Waals surface area contributed by atoms with Crippen molar-refractivity contribution in [3.63, 3.8) is 0 Å². The fourth-order valence-electron chi connectivity index (χ4n) is 1.52. The van der Waals surface area contributed by atoms with Crippen molar-refractivity contribution in [2.45, 2.75) is 6.04 Å². The first-order valence-corrected chi connectivity index (χ1v) is 6.62. The van der Waals surface area contributed by atoms with Gasteiger partial charge < -0.3 is 0 Å². The van der Waals surface area contributed by atoms with Crippen molar-refractivity contribution in [3.8, 4) is 0 Å². The Morgan fingerprint density at radius 1 is 1.38 bits per heavy atom. The van der Waals surface area contributed by atoms with Gasteiger partial charge >= 0.3 is 0 Å². The van der Waals surface area contributed by atoms with Crippen molar-refractivity contribution in [3.05, 3.63) is 55.5 Å². The summed E-state index contributed by atoms with van der Waals surface area (Å²) in [6.07, 6.45) is 0. The number of halogens is 2. The Labute approximate surface area is 111 Å². The van der Waals surface area contributed by atoms with E-state index in [1.807, 2.05) is 17.5 Å². The smallest absolute Gasteiger partial charge is 0.124 e. The fourth-order valence-corrected chi connectivity index (χ4v) is 3.11. The minimum absolute atomic E-state index is 0.0764. The highest BCUT2D eigenvalue weighted by Crippen LogP contribution is 2.28. The van der Waals surface area contributed by atoms with Crippen LogP contribution in [-0.2, 0) is 0 Å². The summed E-state index contributed by atoms with van der Waals surface area (Å²) in [6.45, 7) is 0. The van der Waals surface area contributed by atoms with Crippen LogP contribution < -0.4 is 11.3 Å². The Kier molecular flexibility index (Phi) is 3.91.